The van der Waals surface area contributed by atoms with Gasteiger partial charge in [0, 0.05) is 19.1 Å². The molecule has 0 radical (unpaired) electrons. The number of aryl methyl sites for hydroxylation is 2. The second-order valence-electron chi connectivity index (χ2n) is 4.97. The Labute approximate surface area is 120 Å². The summed E-state index contributed by atoms with van der Waals surface area (Å²) in [5.41, 5.74) is 2.92. The fraction of sp³-hybridized carbons (Fsp3) is 0.333. The highest BCUT2D eigenvalue weighted by Gasteiger charge is 2.31. The standard InChI is InChI=1S/C18H21FO/c1-3-15-9-11-17(12-10-15)18(19,20-2)14-13-16-7-5-4-6-8-16/h4-12H,3,13-14H2,1-2H3. The first kappa shape index (κ1) is 14.7. The molecule has 0 spiro atoms. The molecule has 0 saturated heterocycles. The van der Waals surface area contributed by atoms with E-state index < -0.39 is 5.85 Å². The highest BCUT2D eigenvalue weighted by Crippen LogP contribution is 2.32. The van der Waals surface area contributed by atoms with Crippen LogP contribution in [0.4, 0.5) is 4.39 Å². The number of ether oxygens (including phenoxy) is 1. The van der Waals surface area contributed by atoms with Crippen molar-refractivity contribution in [1.29, 1.82) is 0 Å². The number of rotatable bonds is 6. The number of alkyl halides is 1. The zero-order valence-electron chi connectivity index (χ0n) is 12.1. The van der Waals surface area contributed by atoms with Crippen LogP contribution >= 0.6 is 0 Å². The second kappa shape index (κ2) is 6.67. The largest absolute Gasteiger partial charge is 0.346 e. The SMILES string of the molecule is CCc1ccc(C(F)(CCc2ccccc2)OC)cc1. The summed E-state index contributed by atoms with van der Waals surface area (Å²) in [6.45, 7) is 2.09. The van der Waals surface area contributed by atoms with Crippen molar-refractivity contribution in [3.05, 3.63) is 71.3 Å². The summed E-state index contributed by atoms with van der Waals surface area (Å²) >= 11 is 0. The first-order valence-electron chi connectivity index (χ1n) is 7.05. The van der Waals surface area contributed by atoms with Crippen LogP contribution in [0.5, 0.6) is 0 Å². The normalized spacial score (nSPS) is 13.9. The van der Waals surface area contributed by atoms with Gasteiger partial charge in [0.15, 0.2) is 0 Å². The minimum atomic E-state index is -1.72. The molecular weight excluding hydrogens is 251 g/mol. The summed E-state index contributed by atoms with van der Waals surface area (Å²) in [6, 6.07) is 17.5. The molecule has 0 aliphatic rings. The van der Waals surface area contributed by atoms with Gasteiger partial charge in [-0.15, -0.1) is 0 Å². The molecule has 0 aliphatic heterocycles. The molecule has 1 nitrogen and oxygen atoms in total. The Kier molecular flexibility index (Phi) is 4.91. The molecule has 0 aliphatic carbocycles. The fourth-order valence-electron chi connectivity index (χ4n) is 2.30. The average molecular weight is 272 g/mol. The third-order valence-electron chi connectivity index (χ3n) is 3.69. The Morgan fingerprint density at radius 2 is 1.60 bits per heavy atom. The molecule has 20 heavy (non-hydrogen) atoms. The van der Waals surface area contributed by atoms with E-state index >= 15 is 0 Å². The Morgan fingerprint density at radius 1 is 0.950 bits per heavy atom. The molecule has 1 atom stereocenters. The topological polar surface area (TPSA) is 9.23 Å². The molecule has 0 fully saturated rings. The predicted molar refractivity (Wildman–Crippen MR) is 80.4 cm³/mol. The molecule has 0 heterocycles. The van der Waals surface area contributed by atoms with E-state index in [2.05, 4.69) is 6.92 Å². The lowest BCUT2D eigenvalue weighted by Crippen LogP contribution is -2.23. The fourth-order valence-corrected chi connectivity index (χ4v) is 2.30. The molecule has 2 aromatic carbocycles. The average Bonchev–Trinajstić information content (AvgIpc) is 2.53. The van der Waals surface area contributed by atoms with Gasteiger partial charge in [-0.05, 0) is 24.0 Å². The number of hydrogen-bond acceptors (Lipinski definition) is 1. The van der Waals surface area contributed by atoms with E-state index in [0.717, 1.165) is 12.0 Å². The highest BCUT2D eigenvalue weighted by molar-refractivity contribution is 5.26. The highest BCUT2D eigenvalue weighted by atomic mass is 19.2. The van der Waals surface area contributed by atoms with Crippen LogP contribution in [0.25, 0.3) is 0 Å². The molecule has 1 unspecified atom stereocenters. The van der Waals surface area contributed by atoms with Gasteiger partial charge >= 0.3 is 0 Å². The zero-order valence-corrected chi connectivity index (χ0v) is 12.1. The molecule has 2 aromatic rings. The van der Waals surface area contributed by atoms with Gasteiger partial charge in [-0.25, -0.2) is 4.39 Å². The molecule has 106 valence electrons. The molecule has 0 amide bonds. The van der Waals surface area contributed by atoms with E-state index in [1.807, 2.05) is 54.6 Å². The van der Waals surface area contributed by atoms with Gasteiger partial charge in [0.1, 0.15) is 0 Å². The van der Waals surface area contributed by atoms with Gasteiger partial charge in [-0.2, -0.15) is 0 Å². The van der Waals surface area contributed by atoms with Crippen LogP contribution in [-0.4, -0.2) is 7.11 Å². The first-order valence-corrected chi connectivity index (χ1v) is 7.05. The van der Waals surface area contributed by atoms with Crippen LogP contribution in [0.15, 0.2) is 54.6 Å². The quantitative estimate of drug-likeness (QED) is 0.743. The van der Waals surface area contributed by atoms with E-state index in [-0.39, 0.29) is 0 Å². The van der Waals surface area contributed by atoms with Crippen molar-refractivity contribution in [2.45, 2.75) is 32.0 Å². The number of hydrogen-bond donors (Lipinski definition) is 0. The first-order chi connectivity index (χ1) is 9.68. The van der Waals surface area contributed by atoms with Crippen LogP contribution in [0, 0.1) is 0 Å². The zero-order chi connectivity index (χ0) is 14.4. The maximum Gasteiger partial charge on any atom is 0.235 e. The van der Waals surface area contributed by atoms with E-state index in [1.54, 1.807) is 0 Å². The summed E-state index contributed by atoms with van der Waals surface area (Å²) in [5.74, 6) is -1.72. The lowest BCUT2D eigenvalue weighted by atomic mass is 9.97. The van der Waals surface area contributed by atoms with Crippen molar-refractivity contribution in [2.24, 2.45) is 0 Å². The molecule has 2 rings (SSSR count). The predicted octanol–water partition coefficient (Wildman–Crippen LogP) is 4.65. The van der Waals surface area contributed by atoms with Crippen molar-refractivity contribution in [3.63, 3.8) is 0 Å². The molecule has 2 heteroatoms. The van der Waals surface area contributed by atoms with E-state index in [4.69, 9.17) is 4.74 Å². The van der Waals surface area contributed by atoms with Gasteiger partial charge in [-0.3, -0.25) is 0 Å². The minimum Gasteiger partial charge on any atom is -0.346 e. The van der Waals surface area contributed by atoms with E-state index in [9.17, 15) is 4.39 Å². The van der Waals surface area contributed by atoms with Crippen molar-refractivity contribution < 1.29 is 9.13 Å². The summed E-state index contributed by atoms with van der Waals surface area (Å²) in [4.78, 5) is 0. The summed E-state index contributed by atoms with van der Waals surface area (Å²) in [7, 11) is 1.43. The van der Waals surface area contributed by atoms with Crippen LogP contribution < -0.4 is 0 Å². The van der Waals surface area contributed by atoms with Crippen LogP contribution in [0.2, 0.25) is 0 Å². The van der Waals surface area contributed by atoms with Crippen LogP contribution in [0.1, 0.15) is 30.0 Å². The Morgan fingerprint density at radius 3 is 2.15 bits per heavy atom. The van der Waals surface area contributed by atoms with E-state index in [1.165, 1.54) is 12.7 Å². The number of benzene rings is 2. The van der Waals surface area contributed by atoms with Gasteiger partial charge in [0.2, 0.25) is 5.85 Å². The summed E-state index contributed by atoms with van der Waals surface area (Å²) in [5, 5.41) is 0. The Bertz CT molecular complexity index is 521. The molecule has 0 saturated carbocycles. The smallest absolute Gasteiger partial charge is 0.235 e. The lowest BCUT2D eigenvalue weighted by molar-refractivity contribution is -0.134. The minimum absolute atomic E-state index is 0.318. The molecule has 0 N–H and O–H groups in total. The monoisotopic (exact) mass is 272 g/mol. The van der Waals surface area contributed by atoms with Gasteiger partial charge in [0.25, 0.3) is 0 Å². The van der Waals surface area contributed by atoms with Crippen molar-refractivity contribution in [2.75, 3.05) is 7.11 Å². The molecule has 0 bridgehead atoms. The number of methoxy groups -OCH3 is 1. The second-order valence-corrected chi connectivity index (χ2v) is 4.97. The summed E-state index contributed by atoms with van der Waals surface area (Å²) in [6.07, 6.45) is 1.93. The van der Waals surface area contributed by atoms with E-state index in [0.29, 0.717) is 18.4 Å². The van der Waals surface area contributed by atoms with Crippen molar-refractivity contribution >= 4 is 0 Å². The van der Waals surface area contributed by atoms with Gasteiger partial charge < -0.3 is 4.74 Å². The summed E-state index contributed by atoms with van der Waals surface area (Å²) < 4.78 is 20.1. The number of halogens is 1. The van der Waals surface area contributed by atoms with Gasteiger partial charge in [0.05, 0.1) is 0 Å². The Hall–Kier alpha value is -1.67. The van der Waals surface area contributed by atoms with Crippen molar-refractivity contribution in [1.82, 2.24) is 0 Å². The van der Waals surface area contributed by atoms with Crippen molar-refractivity contribution in [3.8, 4) is 0 Å². The third-order valence-corrected chi connectivity index (χ3v) is 3.69. The Balaban J connectivity index is 2.11. The van der Waals surface area contributed by atoms with Crippen LogP contribution in [-0.2, 0) is 23.4 Å². The third kappa shape index (κ3) is 3.45. The van der Waals surface area contributed by atoms with Crippen LogP contribution in [0.3, 0.4) is 0 Å². The maximum absolute atomic E-state index is 15.0. The lowest BCUT2D eigenvalue weighted by Gasteiger charge is -2.24. The van der Waals surface area contributed by atoms with Gasteiger partial charge in [-0.1, -0.05) is 61.5 Å². The molecular formula is C18H21FO. The molecule has 0 aromatic heterocycles. The maximum atomic E-state index is 15.0.